The number of rotatable bonds is 7. The summed E-state index contributed by atoms with van der Waals surface area (Å²) >= 11 is 0. The van der Waals surface area contributed by atoms with E-state index in [1.807, 2.05) is 0 Å². The summed E-state index contributed by atoms with van der Waals surface area (Å²) in [7, 11) is 4.53. The second-order valence-electron chi connectivity index (χ2n) is 7.10. The van der Waals surface area contributed by atoms with Crippen molar-refractivity contribution in [1.82, 2.24) is 14.8 Å². The summed E-state index contributed by atoms with van der Waals surface area (Å²) in [4.78, 5) is 31.6. The SMILES string of the molecule is COc1cc(N2CC(C(=O)Nc3cccnc3-n3cccn3)CC2=O)cc(OC)c1OC. The van der Waals surface area contributed by atoms with Crippen LogP contribution in [0.5, 0.6) is 17.2 Å². The van der Waals surface area contributed by atoms with Crippen molar-refractivity contribution in [3.63, 3.8) is 0 Å². The smallest absolute Gasteiger partial charge is 0.229 e. The molecule has 1 unspecified atom stereocenters. The fraction of sp³-hybridized carbons (Fsp3) is 0.273. The zero-order chi connectivity index (χ0) is 22.7. The van der Waals surface area contributed by atoms with Crippen LogP contribution in [0.2, 0.25) is 0 Å². The molecule has 3 aromatic rings. The van der Waals surface area contributed by atoms with E-state index in [0.29, 0.717) is 34.4 Å². The van der Waals surface area contributed by atoms with Crippen LogP contribution in [-0.2, 0) is 9.59 Å². The van der Waals surface area contributed by atoms with E-state index < -0.39 is 5.92 Å². The third-order valence-electron chi connectivity index (χ3n) is 5.22. The maximum absolute atomic E-state index is 13.0. The van der Waals surface area contributed by atoms with Gasteiger partial charge in [0.2, 0.25) is 17.6 Å². The minimum atomic E-state index is -0.535. The van der Waals surface area contributed by atoms with Gasteiger partial charge in [-0.05, 0) is 18.2 Å². The Kier molecular flexibility index (Phi) is 5.93. The lowest BCUT2D eigenvalue weighted by atomic mass is 10.1. The summed E-state index contributed by atoms with van der Waals surface area (Å²) in [5, 5.41) is 7.06. The van der Waals surface area contributed by atoms with E-state index in [-0.39, 0.29) is 24.8 Å². The van der Waals surface area contributed by atoms with E-state index in [0.717, 1.165) is 0 Å². The van der Waals surface area contributed by atoms with Gasteiger partial charge in [-0.1, -0.05) is 0 Å². The number of amides is 2. The minimum Gasteiger partial charge on any atom is -0.493 e. The van der Waals surface area contributed by atoms with E-state index in [1.165, 1.54) is 21.3 Å². The number of aromatic nitrogens is 3. The third kappa shape index (κ3) is 3.94. The van der Waals surface area contributed by atoms with Crippen molar-refractivity contribution in [3.8, 4) is 23.1 Å². The summed E-state index contributed by atoms with van der Waals surface area (Å²) in [6.07, 6.45) is 5.08. The lowest BCUT2D eigenvalue weighted by molar-refractivity contribution is -0.122. The van der Waals surface area contributed by atoms with Gasteiger partial charge < -0.3 is 24.4 Å². The Morgan fingerprint density at radius 2 is 1.84 bits per heavy atom. The van der Waals surface area contributed by atoms with Crippen LogP contribution in [0.4, 0.5) is 11.4 Å². The quantitative estimate of drug-likeness (QED) is 0.604. The molecule has 0 radical (unpaired) electrons. The van der Waals surface area contributed by atoms with Crippen LogP contribution in [-0.4, -0.2) is 54.5 Å². The molecule has 0 aliphatic carbocycles. The number of ether oxygens (including phenoxy) is 3. The van der Waals surface area contributed by atoms with E-state index in [2.05, 4.69) is 15.4 Å². The van der Waals surface area contributed by atoms with Gasteiger partial charge in [-0.15, -0.1) is 0 Å². The molecule has 0 spiro atoms. The average molecular weight is 437 g/mol. The van der Waals surface area contributed by atoms with Crippen molar-refractivity contribution in [2.75, 3.05) is 38.1 Å². The van der Waals surface area contributed by atoms with Crippen LogP contribution in [0.1, 0.15) is 6.42 Å². The highest BCUT2D eigenvalue weighted by molar-refractivity contribution is 6.04. The van der Waals surface area contributed by atoms with Gasteiger partial charge in [0, 0.05) is 43.7 Å². The first-order valence-electron chi connectivity index (χ1n) is 9.92. The monoisotopic (exact) mass is 437 g/mol. The molecule has 1 aromatic carbocycles. The molecule has 1 atom stereocenters. The lowest BCUT2D eigenvalue weighted by Gasteiger charge is -2.20. The molecular weight excluding hydrogens is 414 g/mol. The highest BCUT2D eigenvalue weighted by Crippen LogP contribution is 2.42. The molecule has 0 bridgehead atoms. The van der Waals surface area contributed by atoms with Gasteiger partial charge in [0.25, 0.3) is 0 Å². The number of methoxy groups -OCH3 is 3. The Morgan fingerprint density at radius 3 is 2.47 bits per heavy atom. The molecule has 1 N–H and O–H groups in total. The molecule has 2 amide bonds. The van der Waals surface area contributed by atoms with Crippen LogP contribution in [0.3, 0.4) is 0 Å². The number of carbonyl (C=O) groups is 2. The molecule has 10 heteroatoms. The molecule has 166 valence electrons. The van der Waals surface area contributed by atoms with E-state index in [4.69, 9.17) is 14.2 Å². The van der Waals surface area contributed by atoms with Crippen molar-refractivity contribution in [2.45, 2.75) is 6.42 Å². The van der Waals surface area contributed by atoms with Gasteiger partial charge in [-0.25, -0.2) is 9.67 Å². The molecule has 10 nitrogen and oxygen atoms in total. The predicted octanol–water partition coefficient (Wildman–Crippen LogP) is 2.28. The molecular formula is C22H23N5O5. The van der Waals surface area contributed by atoms with Crippen molar-refractivity contribution in [1.29, 1.82) is 0 Å². The van der Waals surface area contributed by atoms with Crippen molar-refractivity contribution in [3.05, 3.63) is 48.9 Å². The van der Waals surface area contributed by atoms with Crippen LogP contribution >= 0.6 is 0 Å². The standard InChI is InChI=1S/C22H23N5O5/c1-30-17-11-15(12-18(31-2)20(17)32-3)26-13-14(10-19(26)28)22(29)25-16-6-4-7-23-21(16)27-9-5-8-24-27/h4-9,11-12,14H,10,13H2,1-3H3,(H,25,29). The van der Waals surface area contributed by atoms with Crippen molar-refractivity contribution < 1.29 is 23.8 Å². The van der Waals surface area contributed by atoms with Gasteiger partial charge >= 0.3 is 0 Å². The van der Waals surface area contributed by atoms with Crippen LogP contribution in [0.25, 0.3) is 5.82 Å². The number of hydrogen-bond acceptors (Lipinski definition) is 7. The summed E-state index contributed by atoms with van der Waals surface area (Å²) in [6, 6.07) is 8.62. The van der Waals surface area contributed by atoms with Crippen LogP contribution in [0.15, 0.2) is 48.9 Å². The first kappa shape index (κ1) is 21.2. The summed E-state index contributed by atoms with van der Waals surface area (Å²) in [6.45, 7) is 0.223. The van der Waals surface area contributed by atoms with Gasteiger partial charge in [-0.2, -0.15) is 5.10 Å². The summed E-state index contributed by atoms with van der Waals surface area (Å²) in [5.41, 5.74) is 1.08. The normalized spacial score (nSPS) is 15.5. The number of nitrogens with zero attached hydrogens (tertiary/aromatic N) is 4. The molecule has 0 saturated carbocycles. The van der Waals surface area contributed by atoms with Gasteiger partial charge in [-0.3, -0.25) is 9.59 Å². The van der Waals surface area contributed by atoms with Crippen LogP contribution < -0.4 is 24.4 Å². The number of nitrogens with one attached hydrogen (secondary N) is 1. The Hall–Kier alpha value is -4.08. The Bertz CT molecular complexity index is 1110. The highest BCUT2D eigenvalue weighted by atomic mass is 16.5. The third-order valence-corrected chi connectivity index (χ3v) is 5.22. The number of pyridine rings is 1. The molecule has 2 aromatic heterocycles. The Morgan fingerprint density at radius 1 is 1.09 bits per heavy atom. The van der Waals surface area contributed by atoms with Gasteiger partial charge in [0.05, 0.1) is 38.6 Å². The van der Waals surface area contributed by atoms with Crippen molar-refractivity contribution >= 4 is 23.2 Å². The summed E-state index contributed by atoms with van der Waals surface area (Å²) in [5.74, 6) is 0.822. The maximum Gasteiger partial charge on any atom is 0.229 e. The summed E-state index contributed by atoms with van der Waals surface area (Å²) < 4.78 is 17.7. The number of benzene rings is 1. The Balaban J connectivity index is 1.54. The molecule has 1 fully saturated rings. The Labute approximate surface area is 184 Å². The predicted molar refractivity (Wildman–Crippen MR) is 117 cm³/mol. The second kappa shape index (κ2) is 8.96. The average Bonchev–Trinajstić information content (AvgIpc) is 3.48. The molecule has 1 aliphatic heterocycles. The fourth-order valence-electron chi connectivity index (χ4n) is 3.66. The topological polar surface area (TPSA) is 108 Å². The zero-order valence-electron chi connectivity index (χ0n) is 17.9. The van der Waals surface area contributed by atoms with Crippen LogP contribution in [0, 0.1) is 5.92 Å². The maximum atomic E-state index is 13.0. The second-order valence-corrected chi connectivity index (χ2v) is 7.10. The molecule has 32 heavy (non-hydrogen) atoms. The number of anilines is 2. The first-order valence-corrected chi connectivity index (χ1v) is 9.92. The molecule has 1 aliphatic rings. The molecule has 3 heterocycles. The minimum absolute atomic E-state index is 0.0832. The van der Waals surface area contributed by atoms with E-state index in [9.17, 15) is 9.59 Å². The molecule has 4 rings (SSSR count). The highest BCUT2D eigenvalue weighted by Gasteiger charge is 2.36. The zero-order valence-corrected chi connectivity index (χ0v) is 17.9. The lowest BCUT2D eigenvalue weighted by Crippen LogP contribution is -2.28. The van der Waals surface area contributed by atoms with Crippen molar-refractivity contribution in [2.24, 2.45) is 5.92 Å². The fourth-order valence-corrected chi connectivity index (χ4v) is 3.66. The number of hydrogen-bond donors (Lipinski definition) is 1. The van der Waals surface area contributed by atoms with Gasteiger partial charge in [0.15, 0.2) is 17.3 Å². The molecule has 1 saturated heterocycles. The van der Waals surface area contributed by atoms with Gasteiger partial charge in [0.1, 0.15) is 0 Å². The first-order chi connectivity index (χ1) is 15.5. The largest absolute Gasteiger partial charge is 0.493 e. The van der Waals surface area contributed by atoms with E-state index in [1.54, 1.807) is 58.5 Å². The van der Waals surface area contributed by atoms with E-state index >= 15 is 0 Å². The number of carbonyl (C=O) groups excluding carboxylic acids is 2.